The average molecular weight is 463 g/mol. The summed E-state index contributed by atoms with van der Waals surface area (Å²) in [5.74, 6) is 0.189. The number of nitro groups is 2. The van der Waals surface area contributed by atoms with Crippen molar-refractivity contribution in [3.05, 3.63) is 97.6 Å². The predicted molar refractivity (Wildman–Crippen MR) is 127 cm³/mol. The van der Waals surface area contributed by atoms with Crippen molar-refractivity contribution in [2.24, 2.45) is 5.10 Å². The van der Waals surface area contributed by atoms with Gasteiger partial charge in [0, 0.05) is 11.8 Å². The lowest BCUT2D eigenvalue weighted by atomic mass is 10.1. The molecule has 11 heteroatoms. The van der Waals surface area contributed by atoms with Crippen LogP contribution in [-0.4, -0.2) is 28.6 Å². The van der Waals surface area contributed by atoms with E-state index < -0.39 is 15.5 Å². The molecular formula is C23H21N5O6. The molecule has 0 aliphatic carbocycles. The van der Waals surface area contributed by atoms with Crippen molar-refractivity contribution in [1.82, 2.24) is 0 Å². The van der Waals surface area contributed by atoms with Crippen LogP contribution in [0.2, 0.25) is 0 Å². The van der Waals surface area contributed by atoms with Crippen molar-refractivity contribution in [2.75, 3.05) is 17.3 Å². The number of anilines is 2. The van der Waals surface area contributed by atoms with Gasteiger partial charge in [-0.15, -0.1) is 0 Å². The molecule has 0 heterocycles. The number of carbonyl (C=O) groups excluding carboxylic acids is 1. The van der Waals surface area contributed by atoms with Gasteiger partial charge in [0.25, 0.3) is 11.6 Å². The SMILES string of the molecule is Cc1ccc(NC(=O)COc2ccc(/C=N/Nc3ccc([N+](=O)[O-])cc3[N+](=O)[O-])cc2)cc1C. The van der Waals surface area contributed by atoms with Gasteiger partial charge in [0.2, 0.25) is 0 Å². The maximum Gasteiger partial charge on any atom is 0.301 e. The van der Waals surface area contributed by atoms with E-state index in [1.165, 1.54) is 12.3 Å². The minimum Gasteiger partial charge on any atom is -0.484 e. The number of nitrogens with zero attached hydrogens (tertiary/aromatic N) is 3. The lowest BCUT2D eigenvalue weighted by Crippen LogP contribution is -2.20. The zero-order valence-electron chi connectivity index (χ0n) is 18.3. The molecule has 11 nitrogen and oxygen atoms in total. The van der Waals surface area contributed by atoms with Crippen LogP contribution in [-0.2, 0) is 4.79 Å². The number of carbonyl (C=O) groups is 1. The van der Waals surface area contributed by atoms with Crippen LogP contribution in [0.1, 0.15) is 16.7 Å². The van der Waals surface area contributed by atoms with Gasteiger partial charge in [-0.2, -0.15) is 5.10 Å². The highest BCUT2D eigenvalue weighted by Crippen LogP contribution is 2.28. The second-order valence-electron chi connectivity index (χ2n) is 7.29. The Bertz CT molecular complexity index is 1260. The molecule has 0 aliphatic heterocycles. The van der Waals surface area contributed by atoms with Gasteiger partial charge in [-0.05, 0) is 73.0 Å². The average Bonchev–Trinajstić information content (AvgIpc) is 2.81. The van der Waals surface area contributed by atoms with Crippen LogP contribution >= 0.6 is 0 Å². The fraction of sp³-hybridized carbons (Fsp3) is 0.130. The van der Waals surface area contributed by atoms with Crippen molar-refractivity contribution in [3.8, 4) is 5.75 Å². The molecule has 0 radical (unpaired) electrons. The van der Waals surface area contributed by atoms with Crippen LogP contribution in [0.5, 0.6) is 5.75 Å². The molecule has 0 bridgehead atoms. The van der Waals surface area contributed by atoms with Gasteiger partial charge >= 0.3 is 5.69 Å². The summed E-state index contributed by atoms with van der Waals surface area (Å²) in [4.78, 5) is 32.6. The first kappa shape index (κ1) is 23.9. The van der Waals surface area contributed by atoms with Crippen LogP contribution in [0.4, 0.5) is 22.7 Å². The molecule has 0 unspecified atom stereocenters. The van der Waals surface area contributed by atoms with Gasteiger partial charge in [0.15, 0.2) is 6.61 Å². The van der Waals surface area contributed by atoms with Crippen molar-refractivity contribution < 1.29 is 19.4 Å². The number of nitrogens with one attached hydrogen (secondary N) is 2. The predicted octanol–water partition coefficient (Wildman–Crippen LogP) is 4.58. The van der Waals surface area contributed by atoms with E-state index in [1.807, 2.05) is 32.0 Å². The number of amides is 1. The molecule has 34 heavy (non-hydrogen) atoms. The molecule has 3 aromatic carbocycles. The summed E-state index contributed by atoms with van der Waals surface area (Å²) < 4.78 is 5.49. The highest BCUT2D eigenvalue weighted by molar-refractivity contribution is 5.92. The van der Waals surface area contributed by atoms with Crippen molar-refractivity contribution in [2.45, 2.75) is 13.8 Å². The molecule has 2 N–H and O–H groups in total. The Hall–Kier alpha value is -4.80. The lowest BCUT2D eigenvalue weighted by molar-refractivity contribution is -0.393. The summed E-state index contributed by atoms with van der Waals surface area (Å²) in [7, 11) is 0. The molecule has 0 aliphatic rings. The van der Waals surface area contributed by atoms with Crippen LogP contribution in [0, 0.1) is 34.1 Å². The fourth-order valence-corrected chi connectivity index (χ4v) is 2.87. The van der Waals surface area contributed by atoms with Gasteiger partial charge in [-0.1, -0.05) is 6.07 Å². The van der Waals surface area contributed by atoms with Crippen molar-refractivity contribution in [1.29, 1.82) is 0 Å². The number of benzene rings is 3. The fourth-order valence-electron chi connectivity index (χ4n) is 2.87. The maximum absolute atomic E-state index is 12.1. The summed E-state index contributed by atoms with van der Waals surface area (Å²) in [5.41, 5.74) is 5.25. The van der Waals surface area contributed by atoms with Gasteiger partial charge in [0.1, 0.15) is 11.4 Å². The smallest absolute Gasteiger partial charge is 0.301 e. The monoisotopic (exact) mass is 463 g/mol. The first-order valence-corrected chi connectivity index (χ1v) is 10.0. The summed E-state index contributed by atoms with van der Waals surface area (Å²) in [6.07, 6.45) is 1.42. The van der Waals surface area contributed by atoms with Gasteiger partial charge in [-0.25, -0.2) is 0 Å². The number of nitro benzene ring substituents is 2. The Morgan fingerprint density at radius 2 is 1.71 bits per heavy atom. The topological polar surface area (TPSA) is 149 Å². The minimum absolute atomic E-state index is 0.0154. The van der Waals surface area contributed by atoms with E-state index in [0.29, 0.717) is 17.0 Å². The Labute approximate surface area is 194 Å². The third-order valence-electron chi connectivity index (χ3n) is 4.83. The van der Waals surface area contributed by atoms with Crippen LogP contribution in [0.3, 0.4) is 0 Å². The summed E-state index contributed by atoms with van der Waals surface area (Å²) in [6, 6.07) is 15.5. The molecule has 0 spiro atoms. The highest BCUT2D eigenvalue weighted by Gasteiger charge is 2.19. The third kappa shape index (κ3) is 6.36. The van der Waals surface area contributed by atoms with Gasteiger partial charge in [0.05, 0.1) is 22.1 Å². The van der Waals surface area contributed by atoms with Crippen LogP contribution < -0.4 is 15.5 Å². The van der Waals surface area contributed by atoms with E-state index in [2.05, 4.69) is 15.8 Å². The van der Waals surface area contributed by atoms with Gasteiger partial charge < -0.3 is 10.1 Å². The Morgan fingerprint density at radius 3 is 2.35 bits per heavy atom. The van der Waals surface area contributed by atoms with E-state index in [4.69, 9.17) is 4.74 Å². The molecule has 0 saturated carbocycles. The second kappa shape index (κ2) is 10.7. The minimum atomic E-state index is -0.729. The Balaban J connectivity index is 1.54. The van der Waals surface area contributed by atoms with Crippen molar-refractivity contribution in [3.63, 3.8) is 0 Å². The van der Waals surface area contributed by atoms with Crippen LogP contribution in [0.25, 0.3) is 0 Å². The van der Waals surface area contributed by atoms with E-state index >= 15 is 0 Å². The highest BCUT2D eigenvalue weighted by atomic mass is 16.6. The number of aryl methyl sites for hydroxylation is 2. The number of ether oxygens (including phenoxy) is 1. The maximum atomic E-state index is 12.1. The first-order valence-electron chi connectivity index (χ1n) is 10.0. The summed E-state index contributed by atoms with van der Waals surface area (Å²) in [5, 5.41) is 28.7. The molecule has 0 atom stereocenters. The first-order chi connectivity index (χ1) is 16.2. The van der Waals surface area contributed by atoms with E-state index in [9.17, 15) is 25.0 Å². The van der Waals surface area contributed by atoms with E-state index in [-0.39, 0.29) is 23.9 Å². The van der Waals surface area contributed by atoms with E-state index in [1.54, 1.807) is 24.3 Å². The molecular weight excluding hydrogens is 442 g/mol. The van der Waals surface area contributed by atoms with Crippen LogP contribution in [0.15, 0.2) is 65.8 Å². The number of hydrogen-bond acceptors (Lipinski definition) is 8. The number of non-ortho nitro benzene ring substituents is 1. The molecule has 0 aromatic heterocycles. The van der Waals surface area contributed by atoms with Crippen molar-refractivity contribution >= 4 is 34.9 Å². The molecule has 1 amide bonds. The lowest BCUT2D eigenvalue weighted by Gasteiger charge is -2.09. The standard InChI is InChI=1S/C23H21N5O6/c1-15-3-6-18(11-16(15)2)25-23(29)14-34-20-8-4-17(5-9-20)13-24-26-21-10-7-19(27(30)31)12-22(21)28(32)33/h3-13,26H,14H2,1-2H3,(H,25,29)/b24-13+. The third-order valence-corrected chi connectivity index (χ3v) is 4.83. The van der Waals surface area contributed by atoms with E-state index in [0.717, 1.165) is 23.3 Å². The molecule has 3 rings (SSSR count). The number of hydrazone groups is 1. The molecule has 0 fully saturated rings. The molecule has 3 aromatic rings. The number of hydrogen-bond donors (Lipinski definition) is 2. The zero-order valence-corrected chi connectivity index (χ0v) is 18.3. The number of rotatable bonds is 9. The Kier molecular flexibility index (Phi) is 7.49. The summed E-state index contributed by atoms with van der Waals surface area (Å²) >= 11 is 0. The normalized spacial score (nSPS) is 10.6. The van der Waals surface area contributed by atoms with Gasteiger partial charge in [-0.3, -0.25) is 30.4 Å². The Morgan fingerprint density at radius 1 is 0.971 bits per heavy atom. The zero-order chi connectivity index (χ0) is 24.7. The second-order valence-corrected chi connectivity index (χ2v) is 7.29. The molecule has 174 valence electrons. The largest absolute Gasteiger partial charge is 0.484 e. The molecule has 0 saturated heterocycles. The summed E-state index contributed by atoms with van der Waals surface area (Å²) in [6.45, 7) is 3.80. The quantitative estimate of drug-likeness (QED) is 0.268.